The second-order valence-electron chi connectivity index (χ2n) is 4.38. The van der Waals surface area contributed by atoms with E-state index in [0.29, 0.717) is 0 Å². The zero-order valence-corrected chi connectivity index (χ0v) is 12.9. The number of thiophene rings is 1. The van der Waals surface area contributed by atoms with Crippen molar-refractivity contribution in [1.82, 2.24) is 4.98 Å². The van der Waals surface area contributed by atoms with E-state index >= 15 is 0 Å². The Morgan fingerprint density at radius 2 is 2.05 bits per heavy atom. The van der Waals surface area contributed by atoms with Crippen LogP contribution in [0.5, 0.6) is 0 Å². The monoisotopic (exact) mass is 332 g/mol. The van der Waals surface area contributed by atoms with Crippen LogP contribution in [0, 0.1) is 6.92 Å². The molecule has 0 spiro atoms. The summed E-state index contributed by atoms with van der Waals surface area (Å²) in [7, 11) is 0. The predicted octanol–water partition coefficient (Wildman–Crippen LogP) is 4.98. The van der Waals surface area contributed by atoms with Gasteiger partial charge in [0.1, 0.15) is 4.60 Å². The Morgan fingerprint density at radius 1 is 1.21 bits per heavy atom. The number of fused-ring (bicyclic) bond motifs is 1. The highest BCUT2D eigenvalue weighted by Gasteiger charge is 2.04. The van der Waals surface area contributed by atoms with Gasteiger partial charge in [0.25, 0.3) is 0 Å². The summed E-state index contributed by atoms with van der Waals surface area (Å²) in [6, 6.07) is 12.5. The molecular weight excluding hydrogens is 320 g/mol. The first-order valence-electron chi connectivity index (χ1n) is 6.06. The fraction of sp³-hybridized carbons (Fsp3) is 0.133. The lowest BCUT2D eigenvalue weighted by atomic mass is 10.2. The Hall–Kier alpha value is -1.39. The highest BCUT2D eigenvalue weighted by molar-refractivity contribution is 9.10. The van der Waals surface area contributed by atoms with Gasteiger partial charge >= 0.3 is 0 Å². The summed E-state index contributed by atoms with van der Waals surface area (Å²) >= 11 is 5.17. The van der Waals surface area contributed by atoms with E-state index in [9.17, 15) is 0 Å². The molecule has 4 heteroatoms. The maximum absolute atomic E-state index is 4.39. The van der Waals surface area contributed by atoms with Gasteiger partial charge < -0.3 is 5.32 Å². The van der Waals surface area contributed by atoms with Crippen molar-refractivity contribution in [2.75, 3.05) is 5.32 Å². The molecule has 0 unspecified atom stereocenters. The fourth-order valence-electron chi connectivity index (χ4n) is 2.08. The van der Waals surface area contributed by atoms with Crippen LogP contribution in [0.3, 0.4) is 0 Å². The van der Waals surface area contributed by atoms with Gasteiger partial charge in [-0.25, -0.2) is 4.98 Å². The smallest absolute Gasteiger partial charge is 0.106 e. The molecule has 0 fully saturated rings. The minimum Gasteiger partial charge on any atom is -0.379 e. The molecule has 2 heterocycles. The number of benzene rings is 1. The third-order valence-corrected chi connectivity index (χ3v) is 4.54. The molecular formula is C15H13BrN2S. The Morgan fingerprint density at radius 3 is 2.89 bits per heavy atom. The number of hydrogen-bond acceptors (Lipinski definition) is 3. The number of hydrogen-bond donors (Lipinski definition) is 1. The summed E-state index contributed by atoms with van der Waals surface area (Å²) in [5.74, 6) is 0. The van der Waals surface area contributed by atoms with E-state index in [1.807, 2.05) is 13.0 Å². The second-order valence-corrected chi connectivity index (χ2v) is 6.10. The minimum atomic E-state index is 0.828. The summed E-state index contributed by atoms with van der Waals surface area (Å²) in [5.41, 5.74) is 3.43. The van der Waals surface area contributed by atoms with E-state index in [0.717, 1.165) is 22.5 Å². The van der Waals surface area contributed by atoms with Gasteiger partial charge in [-0.3, -0.25) is 0 Å². The Labute approximate surface area is 124 Å². The molecule has 0 aliphatic heterocycles. The fourth-order valence-corrected chi connectivity index (χ4v) is 3.44. The molecule has 0 saturated heterocycles. The molecule has 0 aliphatic carbocycles. The first kappa shape index (κ1) is 12.6. The van der Waals surface area contributed by atoms with Crippen molar-refractivity contribution < 1.29 is 0 Å². The van der Waals surface area contributed by atoms with Crippen LogP contribution in [0.15, 0.2) is 46.4 Å². The summed E-state index contributed by atoms with van der Waals surface area (Å²) in [4.78, 5) is 4.39. The normalized spacial score (nSPS) is 10.8. The molecule has 0 atom stereocenters. The molecule has 3 rings (SSSR count). The first-order chi connectivity index (χ1) is 9.24. The molecule has 19 heavy (non-hydrogen) atoms. The van der Waals surface area contributed by atoms with Gasteiger partial charge in [-0.15, -0.1) is 11.3 Å². The van der Waals surface area contributed by atoms with Gasteiger partial charge in [-0.1, -0.05) is 18.2 Å². The number of pyridine rings is 1. The number of aryl methyl sites for hydroxylation is 1. The summed E-state index contributed by atoms with van der Waals surface area (Å²) in [6.07, 6.45) is 0. The SMILES string of the molecule is Cc1nc(Br)ccc1NCc1csc2ccccc12. The first-order valence-corrected chi connectivity index (χ1v) is 7.73. The van der Waals surface area contributed by atoms with E-state index in [1.165, 1.54) is 15.6 Å². The number of nitrogens with one attached hydrogen (secondary N) is 1. The predicted molar refractivity (Wildman–Crippen MR) is 85.8 cm³/mol. The molecule has 0 radical (unpaired) electrons. The van der Waals surface area contributed by atoms with Crippen LogP contribution in [0.2, 0.25) is 0 Å². The van der Waals surface area contributed by atoms with E-state index < -0.39 is 0 Å². The molecule has 0 aliphatic rings. The third kappa shape index (κ3) is 2.65. The van der Waals surface area contributed by atoms with E-state index in [2.05, 4.69) is 61.9 Å². The maximum atomic E-state index is 4.39. The zero-order valence-electron chi connectivity index (χ0n) is 10.5. The third-order valence-electron chi connectivity index (χ3n) is 3.08. The average Bonchev–Trinajstić information content (AvgIpc) is 2.81. The lowest BCUT2D eigenvalue weighted by Crippen LogP contribution is -2.01. The molecule has 1 N–H and O–H groups in total. The van der Waals surface area contributed by atoms with Crippen molar-refractivity contribution in [3.63, 3.8) is 0 Å². The van der Waals surface area contributed by atoms with Crippen molar-refractivity contribution in [3.05, 3.63) is 57.6 Å². The molecule has 2 nitrogen and oxygen atoms in total. The van der Waals surface area contributed by atoms with Crippen LogP contribution < -0.4 is 5.32 Å². The molecule has 0 saturated carbocycles. The Kier molecular flexibility index (Phi) is 3.53. The van der Waals surface area contributed by atoms with Gasteiger partial charge in [0.15, 0.2) is 0 Å². The van der Waals surface area contributed by atoms with Gasteiger partial charge in [-0.2, -0.15) is 0 Å². The maximum Gasteiger partial charge on any atom is 0.106 e. The van der Waals surface area contributed by atoms with Crippen molar-refractivity contribution in [2.24, 2.45) is 0 Å². The van der Waals surface area contributed by atoms with Crippen LogP contribution in [-0.4, -0.2) is 4.98 Å². The largest absolute Gasteiger partial charge is 0.379 e. The van der Waals surface area contributed by atoms with Crippen molar-refractivity contribution >= 4 is 43.0 Å². The van der Waals surface area contributed by atoms with Gasteiger partial charge in [0.05, 0.1) is 11.4 Å². The highest BCUT2D eigenvalue weighted by Crippen LogP contribution is 2.26. The summed E-state index contributed by atoms with van der Waals surface area (Å²) in [6.45, 7) is 2.84. The highest BCUT2D eigenvalue weighted by atomic mass is 79.9. The van der Waals surface area contributed by atoms with Gasteiger partial charge in [-0.05, 0) is 57.4 Å². The number of nitrogens with zero attached hydrogens (tertiary/aromatic N) is 1. The van der Waals surface area contributed by atoms with Gasteiger partial charge in [0, 0.05) is 11.2 Å². The van der Waals surface area contributed by atoms with Crippen LogP contribution >= 0.6 is 27.3 Å². The van der Waals surface area contributed by atoms with Crippen molar-refractivity contribution in [1.29, 1.82) is 0 Å². The molecule has 1 aromatic carbocycles. The van der Waals surface area contributed by atoms with Crippen LogP contribution in [0.4, 0.5) is 5.69 Å². The van der Waals surface area contributed by atoms with Crippen LogP contribution in [-0.2, 0) is 6.54 Å². The van der Waals surface area contributed by atoms with Crippen molar-refractivity contribution in [3.8, 4) is 0 Å². The van der Waals surface area contributed by atoms with Crippen molar-refractivity contribution in [2.45, 2.75) is 13.5 Å². The lowest BCUT2D eigenvalue weighted by Gasteiger charge is -2.08. The molecule has 96 valence electrons. The minimum absolute atomic E-state index is 0.828. The summed E-state index contributed by atoms with van der Waals surface area (Å²) in [5, 5.41) is 7.02. The van der Waals surface area contributed by atoms with Gasteiger partial charge in [0.2, 0.25) is 0 Å². The lowest BCUT2D eigenvalue weighted by molar-refractivity contribution is 1.11. The molecule has 2 aromatic heterocycles. The van der Waals surface area contributed by atoms with E-state index in [-0.39, 0.29) is 0 Å². The molecule has 0 bridgehead atoms. The quantitative estimate of drug-likeness (QED) is 0.684. The number of anilines is 1. The molecule has 3 aromatic rings. The number of aromatic nitrogens is 1. The topological polar surface area (TPSA) is 24.9 Å². The van der Waals surface area contributed by atoms with E-state index in [4.69, 9.17) is 0 Å². The zero-order chi connectivity index (χ0) is 13.2. The molecule has 0 amide bonds. The standard InChI is InChI=1S/C15H13BrN2S/c1-10-13(6-7-15(16)18-10)17-8-11-9-19-14-5-3-2-4-12(11)14/h2-7,9,17H,8H2,1H3. The average molecular weight is 333 g/mol. The Balaban J connectivity index is 1.82. The number of rotatable bonds is 3. The van der Waals surface area contributed by atoms with E-state index in [1.54, 1.807) is 11.3 Å². The number of halogens is 1. The second kappa shape index (κ2) is 5.31. The summed E-state index contributed by atoms with van der Waals surface area (Å²) < 4.78 is 2.21. The van der Waals surface area contributed by atoms with Crippen LogP contribution in [0.1, 0.15) is 11.3 Å². The van der Waals surface area contributed by atoms with Crippen LogP contribution in [0.25, 0.3) is 10.1 Å². The Bertz CT molecular complexity index is 721.